The van der Waals surface area contributed by atoms with Gasteiger partial charge in [0.05, 0.1) is 59.5 Å². The maximum absolute atomic E-state index is 13.1. The highest BCUT2D eigenvalue weighted by molar-refractivity contribution is 5.77. The molecule has 2 aromatic carbocycles. The lowest BCUT2D eigenvalue weighted by Crippen LogP contribution is -2.40. The van der Waals surface area contributed by atoms with Crippen molar-refractivity contribution < 1.29 is 22.7 Å². The fourth-order valence-electron chi connectivity index (χ4n) is 5.72. The van der Waals surface area contributed by atoms with Crippen molar-refractivity contribution in [3.05, 3.63) is 71.8 Å². The van der Waals surface area contributed by atoms with Crippen molar-refractivity contribution in [1.82, 2.24) is 29.4 Å². The molecule has 2 unspecified atom stereocenters. The van der Waals surface area contributed by atoms with E-state index in [0.717, 1.165) is 42.4 Å². The monoisotopic (exact) mass is 535 g/mol. The normalized spacial score (nSPS) is 21.4. The average Bonchev–Trinajstić information content (AvgIpc) is 3.62. The van der Waals surface area contributed by atoms with Gasteiger partial charge in [0.2, 0.25) is 0 Å². The molecule has 2 aliphatic rings. The van der Waals surface area contributed by atoms with Gasteiger partial charge < -0.3 is 9.30 Å². The van der Waals surface area contributed by atoms with Crippen molar-refractivity contribution >= 4 is 17.1 Å². The molecule has 1 saturated carbocycles. The van der Waals surface area contributed by atoms with Crippen LogP contribution < -0.4 is 0 Å². The molecule has 2 aromatic heterocycles. The van der Waals surface area contributed by atoms with Gasteiger partial charge in [0.1, 0.15) is 11.3 Å². The number of alkyl halides is 3. The minimum Gasteiger partial charge on any atom is -0.441 e. The predicted octanol–water partition coefficient (Wildman–Crippen LogP) is 5.09. The Morgan fingerprint density at radius 2 is 2.08 bits per heavy atom. The maximum Gasteiger partial charge on any atom is 0.416 e. The molecule has 6 rings (SSSR count). The van der Waals surface area contributed by atoms with E-state index in [4.69, 9.17) is 4.74 Å². The Bertz CT molecular complexity index is 1590. The fourth-order valence-corrected chi connectivity index (χ4v) is 5.72. The molecule has 1 spiro atoms. The lowest BCUT2D eigenvalue weighted by Gasteiger charge is -2.36. The van der Waals surface area contributed by atoms with Crippen LogP contribution in [0.3, 0.4) is 0 Å². The first kappa shape index (κ1) is 24.9. The van der Waals surface area contributed by atoms with Gasteiger partial charge in [-0.25, -0.2) is 14.5 Å². The van der Waals surface area contributed by atoms with Crippen LogP contribution in [0.5, 0.6) is 0 Å². The zero-order chi connectivity index (χ0) is 27.2. The molecule has 1 aliphatic heterocycles. The lowest BCUT2D eigenvalue weighted by atomic mass is 9.78. The second kappa shape index (κ2) is 9.41. The molecule has 1 aliphatic carbocycles. The molecule has 1 saturated heterocycles. The van der Waals surface area contributed by atoms with E-state index in [2.05, 4.69) is 25.9 Å². The lowest BCUT2D eigenvalue weighted by molar-refractivity contribution is -0.137. The first-order chi connectivity index (χ1) is 18.7. The van der Waals surface area contributed by atoms with Crippen molar-refractivity contribution in [1.29, 1.82) is 5.26 Å². The zero-order valence-electron chi connectivity index (χ0n) is 20.8. The molecular weight excluding hydrogens is 511 g/mol. The molecule has 0 radical (unpaired) electrons. The number of amides is 1. The van der Waals surface area contributed by atoms with Crippen molar-refractivity contribution in [2.24, 2.45) is 5.92 Å². The van der Waals surface area contributed by atoms with E-state index in [1.54, 1.807) is 17.3 Å². The maximum atomic E-state index is 13.1. The summed E-state index contributed by atoms with van der Waals surface area (Å²) >= 11 is 0. The van der Waals surface area contributed by atoms with Crippen LogP contribution in [-0.4, -0.2) is 47.7 Å². The summed E-state index contributed by atoms with van der Waals surface area (Å²) in [6.07, 6.45) is 1.77. The van der Waals surface area contributed by atoms with Gasteiger partial charge in [-0.15, -0.1) is 5.10 Å². The van der Waals surface area contributed by atoms with Crippen LogP contribution in [0.25, 0.3) is 16.7 Å². The molecule has 2 atom stereocenters. The van der Waals surface area contributed by atoms with Gasteiger partial charge in [0, 0.05) is 6.54 Å². The third kappa shape index (κ3) is 4.92. The number of nitrogens with zero attached hydrogens (tertiary/aromatic N) is 7. The van der Waals surface area contributed by atoms with E-state index in [0.29, 0.717) is 30.8 Å². The largest absolute Gasteiger partial charge is 0.441 e. The molecule has 1 amide bonds. The molecule has 2 fully saturated rings. The highest BCUT2D eigenvalue weighted by Gasteiger charge is 2.48. The topological polar surface area (TPSA) is 102 Å². The summed E-state index contributed by atoms with van der Waals surface area (Å²) in [5.74, 6) is 0.261. The molecule has 4 aromatic rings. The standard InChI is InChI=1S/C27H24F3N7O2/c28-27(29,30)20-4-1-5-22(10-20)37-15-21(33-34-37)14-35-16-26(39-25(35)38)8-2-3-19(11-26)13-36-17-32-23-7-6-18(12-31)9-24(23)36/h1,4-7,9-10,15,17,19H,2-3,8,11,13-14,16H2. The molecule has 12 heteroatoms. The van der Waals surface area contributed by atoms with Crippen LogP contribution in [0.4, 0.5) is 18.0 Å². The third-order valence-electron chi connectivity index (χ3n) is 7.48. The minimum absolute atomic E-state index is 0.146. The van der Waals surface area contributed by atoms with Gasteiger partial charge in [-0.1, -0.05) is 11.3 Å². The SMILES string of the molecule is N#Cc1ccc2ncn(CC3CCCC4(C3)CN(Cc3cn(-c5cccc(C(F)(F)F)c5)nn3)C(=O)O4)c2c1. The first-order valence-corrected chi connectivity index (χ1v) is 12.6. The van der Waals surface area contributed by atoms with Crippen LogP contribution in [0.2, 0.25) is 0 Å². The second-order valence-corrected chi connectivity index (χ2v) is 10.3. The van der Waals surface area contributed by atoms with Crippen molar-refractivity contribution in [3.8, 4) is 11.8 Å². The summed E-state index contributed by atoms with van der Waals surface area (Å²) in [7, 11) is 0. The van der Waals surface area contributed by atoms with Crippen molar-refractivity contribution in [2.45, 2.75) is 50.6 Å². The highest BCUT2D eigenvalue weighted by Crippen LogP contribution is 2.41. The number of carbonyl (C=O) groups is 1. The number of carbonyl (C=O) groups excluding carboxylic acids is 1. The molecule has 3 heterocycles. The number of hydrogen-bond acceptors (Lipinski definition) is 6. The average molecular weight is 536 g/mol. The number of imidazole rings is 1. The Morgan fingerprint density at radius 1 is 1.21 bits per heavy atom. The van der Waals surface area contributed by atoms with Crippen LogP contribution in [0.1, 0.15) is 42.5 Å². The number of hydrogen-bond donors (Lipinski definition) is 0. The predicted molar refractivity (Wildman–Crippen MR) is 132 cm³/mol. The van der Waals surface area contributed by atoms with Crippen LogP contribution >= 0.6 is 0 Å². The Balaban J connectivity index is 1.13. The number of ether oxygens (including phenoxy) is 1. The van der Waals surface area contributed by atoms with E-state index in [1.807, 2.05) is 12.1 Å². The smallest absolute Gasteiger partial charge is 0.416 e. The van der Waals surface area contributed by atoms with Crippen LogP contribution in [0, 0.1) is 17.2 Å². The number of rotatable bonds is 5. The van der Waals surface area contributed by atoms with E-state index in [-0.39, 0.29) is 18.2 Å². The van der Waals surface area contributed by atoms with Gasteiger partial charge >= 0.3 is 12.3 Å². The zero-order valence-corrected chi connectivity index (χ0v) is 20.8. The number of halogens is 3. The summed E-state index contributed by atoms with van der Waals surface area (Å²) in [5.41, 5.74) is 1.61. The summed E-state index contributed by atoms with van der Waals surface area (Å²) in [5, 5.41) is 17.3. The molecule has 0 bridgehead atoms. The summed E-state index contributed by atoms with van der Waals surface area (Å²) in [4.78, 5) is 18.9. The highest BCUT2D eigenvalue weighted by atomic mass is 19.4. The van der Waals surface area contributed by atoms with E-state index < -0.39 is 23.4 Å². The van der Waals surface area contributed by atoms with Gasteiger partial charge in [-0.2, -0.15) is 18.4 Å². The Labute approximate surface area is 221 Å². The van der Waals surface area contributed by atoms with Crippen LogP contribution in [-0.2, 0) is 24.0 Å². The molecule has 0 N–H and O–H groups in total. The quantitative estimate of drug-likeness (QED) is 0.353. The fraction of sp³-hybridized carbons (Fsp3) is 0.370. The van der Waals surface area contributed by atoms with Crippen molar-refractivity contribution in [2.75, 3.05) is 6.54 Å². The van der Waals surface area contributed by atoms with Gasteiger partial charge in [0.25, 0.3) is 0 Å². The number of nitriles is 1. The van der Waals surface area contributed by atoms with E-state index >= 15 is 0 Å². The number of fused-ring (bicyclic) bond motifs is 1. The summed E-state index contributed by atoms with van der Waals surface area (Å²) in [6, 6.07) is 12.4. The Hall–Kier alpha value is -4.40. The minimum atomic E-state index is -4.46. The Morgan fingerprint density at radius 3 is 2.90 bits per heavy atom. The van der Waals surface area contributed by atoms with Gasteiger partial charge in [-0.05, 0) is 68.0 Å². The third-order valence-corrected chi connectivity index (χ3v) is 7.48. The van der Waals surface area contributed by atoms with Gasteiger partial charge in [0.15, 0.2) is 0 Å². The van der Waals surface area contributed by atoms with Gasteiger partial charge in [-0.3, -0.25) is 4.90 Å². The molecular formula is C27H24F3N7O2. The Kier molecular flexibility index (Phi) is 6.01. The first-order valence-electron chi connectivity index (χ1n) is 12.6. The molecule has 200 valence electrons. The number of benzene rings is 2. The summed E-state index contributed by atoms with van der Waals surface area (Å²) < 4.78 is 48.5. The molecule has 9 nitrogen and oxygen atoms in total. The number of aromatic nitrogens is 5. The summed E-state index contributed by atoms with van der Waals surface area (Å²) in [6.45, 7) is 1.26. The van der Waals surface area contributed by atoms with Crippen molar-refractivity contribution in [3.63, 3.8) is 0 Å². The van der Waals surface area contributed by atoms with Crippen LogP contribution in [0.15, 0.2) is 55.0 Å². The van der Waals surface area contributed by atoms with E-state index in [9.17, 15) is 23.2 Å². The second-order valence-electron chi connectivity index (χ2n) is 10.3. The molecule has 39 heavy (non-hydrogen) atoms. The van der Waals surface area contributed by atoms with E-state index in [1.165, 1.54) is 23.0 Å².